The lowest BCUT2D eigenvalue weighted by atomic mass is 9.68. The highest BCUT2D eigenvalue weighted by Crippen LogP contribution is 2.43. The van der Waals surface area contributed by atoms with Crippen LogP contribution in [0.1, 0.15) is 66.2 Å². The summed E-state index contributed by atoms with van der Waals surface area (Å²) in [5.41, 5.74) is 7.14. The largest absolute Gasteiger partial charge is 0.329 e. The molecule has 2 N–H and O–H groups in total. The molecular formula is C17H34N2. The summed E-state index contributed by atoms with van der Waals surface area (Å²) >= 11 is 0. The molecule has 0 spiro atoms. The zero-order valence-electron chi connectivity index (χ0n) is 13.5. The average molecular weight is 266 g/mol. The van der Waals surface area contributed by atoms with Gasteiger partial charge in [-0.15, -0.1) is 0 Å². The van der Waals surface area contributed by atoms with E-state index in [1.807, 2.05) is 0 Å². The standard InChI is InChI=1S/C17H34N2/c1-5-16(4)8-10-19(11-9-16)17(13-18)7-6-14(2)15(3)12-17/h14-15H,5-13,18H2,1-4H3. The number of nitrogens with zero attached hydrogens (tertiary/aromatic N) is 1. The van der Waals surface area contributed by atoms with Crippen LogP contribution in [0.3, 0.4) is 0 Å². The molecule has 1 aliphatic carbocycles. The Kier molecular flexibility index (Phi) is 4.62. The van der Waals surface area contributed by atoms with Crippen molar-refractivity contribution in [3.63, 3.8) is 0 Å². The van der Waals surface area contributed by atoms with Gasteiger partial charge in [-0.25, -0.2) is 0 Å². The smallest absolute Gasteiger partial charge is 0.0334 e. The van der Waals surface area contributed by atoms with Gasteiger partial charge in [0.15, 0.2) is 0 Å². The molecule has 0 aromatic heterocycles. The normalized spacial score (nSPS) is 40.3. The summed E-state index contributed by atoms with van der Waals surface area (Å²) in [5, 5.41) is 0. The van der Waals surface area contributed by atoms with Crippen LogP contribution in [0.4, 0.5) is 0 Å². The van der Waals surface area contributed by atoms with E-state index in [4.69, 9.17) is 5.73 Å². The van der Waals surface area contributed by atoms with Gasteiger partial charge in [-0.2, -0.15) is 0 Å². The highest BCUT2D eigenvalue weighted by atomic mass is 15.2. The minimum Gasteiger partial charge on any atom is -0.329 e. The van der Waals surface area contributed by atoms with Gasteiger partial charge in [0.25, 0.3) is 0 Å². The Labute approximate surface area is 120 Å². The predicted octanol–water partition coefficient (Wildman–Crippen LogP) is 3.65. The van der Waals surface area contributed by atoms with E-state index >= 15 is 0 Å². The van der Waals surface area contributed by atoms with Gasteiger partial charge in [0, 0.05) is 12.1 Å². The molecule has 2 rings (SSSR count). The lowest BCUT2D eigenvalue weighted by Crippen LogP contribution is -2.59. The summed E-state index contributed by atoms with van der Waals surface area (Å²) in [4.78, 5) is 2.76. The predicted molar refractivity (Wildman–Crippen MR) is 83.2 cm³/mol. The Bertz CT molecular complexity index is 294. The molecule has 2 heteroatoms. The molecule has 1 aliphatic heterocycles. The van der Waals surface area contributed by atoms with Crippen LogP contribution in [0.15, 0.2) is 0 Å². The third kappa shape index (κ3) is 3.00. The summed E-state index contributed by atoms with van der Waals surface area (Å²) in [5.74, 6) is 1.71. The molecule has 0 bridgehead atoms. The number of hydrogen-bond acceptors (Lipinski definition) is 2. The van der Waals surface area contributed by atoms with Gasteiger partial charge in [-0.05, 0) is 62.4 Å². The van der Waals surface area contributed by atoms with Gasteiger partial charge in [0.1, 0.15) is 0 Å². The Hall–Kier alpha value is -0.0800. The summed E-state index contributed by atoms with van der Waals surface area (Å²) in [6.45, 7) is 13.0. The lowest BCUT2D eigenvalue weighted by molar-refractivity contribution is -0.0184. The second-order valence-electron chi connectivity index (χ2n) is 7.78. The van der Waals surface area contributed by atoms with Gasteiger partial charge in [0.2, 0.25) is 0 Å². The first-order chi connectivity index (χ1) is 8.95. The van der Waals surface area contributed by atoms with Crippen molar-refractivity contribution in [2.24, 2.45) is 23.0 Å². The van der Waals surface area contributed by atoms with Crippen molar-refractivity contribution >= 4 is 0 Å². The zero-order chi connectivity index (χ0) is 14.1. The molecule has 0 aromatic carbocycles. The monoisotopic (exact) mass is 266 g/mol. The van der Waals surface area contributed by atoms with E-state index in [0.29, 0.717) is 11.0 Å². The molecule has 0 aromatic rings. The van der Waals surface area contributed by atoms with Crippen LogP contribution in [0.25, 0.3) is 0 Å². The van der Waals surface area contributed by atoms with Gasteiger partial charge in [0.05, 0.1) is 0 Å². The number of likely N-dealkylation sites (tertiary alicyclic amines) is 1. The van der Waals surface area contributed by atoms with Crippen molar-refractivity contribution in [2.45, 2.75) is 71.8 Å². The van der Waals surface area contributed by atoms with Crippen LogP contribution in [0, 0.1) is 17.3 Å². The van der Waals surface area contributed by atoms with Crippen LogP contribution in [-0.2, 0) is 0 Å². The van der Waals surface area contributed by atoms with Crippen molar-refractivity contribution in [3.8, 4) is 0 Å². The fourth-order valence-electron chi connectivity index (χ4n) is 4.16. The molecule has 3 atom stereocenters. The van der Waals surface area contributed by atoms with Gasteiger partial charge in [-0.3, -0.25) is 4.90 Å². The Morgan fingerprint density at radius 3 is 2.21 bits per heavy atom. The van der Waals surface area contributed by atoms with Crippen LogP contribution < -0.4 is 5.73 Å². The number of hydrogen-bond donors (Lipinski definition) is 1. The van der Waals surface area contributed by atoms with Crippen LogP contribution in [0.5, 0.6) is 0 Å². The summed E-state index contributed by atoms with van der Waals surface area (Å²) in [6.07, 6.45) is 8.03. The van der Waals surface area contributed by atoms with E-state index in [-0.39, 0.29) is 0 Å². The molecule has 19 heavy (non-hydrogen) atoms. The molecule has 112 valence electrons. The van der Waals surface area contributed by atoms with Crippen LogP contribution in [0.2, 0.25) is 0 Å². The number of rotatable bonds is 3. The molecule has 2 fully saturated rings. The number of piperidine rings is 1. The maximum Gasteiger partial charge on any atom is 0.0334 e. The zero-order valence-corrected chi connectivity index (χ0v) is 13.5. The van der Waals surface area contributed by atoms with E-state index in [0.717, 1.165) is 18.4 Å². The highest BCUT2D eigenvalue weighted by molar-refractivity contribution is 4.99. The summed E-state index contributed by atoms with van der Waals surface area (Å²) in [7, 11) is 0. The Balaban J connectivity index is 2.03. The molecule has 0 radical (unpaired) electrons. The molecule has 2 nitrogen and oxygen atoms in total. The average Bonchev–Trinajstić information content (AvgIpc) is 2.43. The summed E-state index contributed by atoms with van der Waals surface area (Å²) < 4.78 is 0. The minimum atomic E-state index is 0.320. The third-order valence-corrected chi connectivity index (χ3v) is 6.61. The van der Waals surface area contributed by atoms with Gasteiger partial charge < -0.3 is 5.73 Å². The maximum absolute atomic E-state index is 6.24. The molecule has 0 amide bonds. The SMILES string of the molecule is CCC1(C)CCN(C2(CN)CCC(C)C(C)C2)CC1. The molecule has 3 unspecified atom stereocenters. The lowest BCUT2D eigenvalue weighted by Gasteiger charge is -2.53. The maximum atomic E-state index is 6.24. The molecular weight excluding hydrogens is 232 g/mol. The van der Waals surface area contributed by atoms with Crippen molar-refractivity contribution in [3.05, 3.63) is 0 Å². The van der Waals surface area contributed by atoms with Crippen molar-refractivity contribution in [1.82, 2.24) is 4.90 Å². The van der Waals surface area contributed by atoms with Crippen molar-refractivity contribution in [2.75, 3.05) is 19.6 Å². The van der Waals surface area contributed by atoms with E-state index in [1.54, 1.807) is 0 Å². The number of nitrogens with two attached hydrogens (primary N) is 1. The van der Waals surface area contributed by atoms with E-state index in [9.17, 15) is 0 Å². The Morgan fingerprint density at radius 1 is 1.11 bits per heavy atom. The fraction of sp³-hybridized carbons (Fsp3) is 1.00. The minimum absolute atomic E-state index is 0.320. The second-order valence-corrected chi connectivity index (χ2v) is 7.78. The first-order valence-corrected chi connectivity index (χ1v) is 8.40. The van der Waals surface area contributed by atoms with Crippen LogP contribution >= 0.6 is 0 Å². The summed E-state index contributed by atoms with van der Waals surface area (Å²) in [6, 6.07) is 0. The molecule has 2 aliphatic rings. The first-order valence-electron chi connectivity index (χ1n) is 8.40. The molecule has 1 heterocycles. The van der Waals surface area contributed by atoms with Gasteiger partial charge in [-0.1, -0.05) is 34.1 Å². The van der Waals surface area contributed by atoms with E-state index in [1.165, 1.54) is 51.6 Å². The van der Waals surface area contributed by atoms with E-state index in [2.05, 4.69) is 32.6 Å². The van der Waals surface area contributed by atoms with Crippen molar-refractivity contribution in [1.29, 1.82) is 0 Å². The Morgan fingerprint density at radius 2 is 1.74 bits per heavy atom. The second kappa shape index (κ2) is 5.73. The first kappa shape index (κ1) is 15.3. The molecule has 1 saturated carbocycles. The topological polar surface area (TPSA) is 29.3 Å². The van der Waals surface area contributed by atoms with E-state index < -0.39 is 0 Å². The third-order valence-electron chi connectivity index (χ3n) is 6.61. The molecule has 1 saturated heterocycles. The van der Waals surface area contributed by atoms with Crippen molar-refractivity contribution < 1.29 is 0 Å². The fourth-order valence-corrected chi connectivity index (χ4v) is 4.16. The highest BCUT2D eigenvalue weighted by Gasteiger charge is 2.43. The van der Waals surface area contributed by atoms with Crippen LogP contribution in [-0.4, -0.2) is 30.1 Å². The van der Waals surface area contributed by atoms with Gasteiger partial charge >= 0.3 is 0 Å². The quantitative estimate of drug-likeness (QED) is 0.845.